The maximum Gasteiger partial charge on any atom is 0.250 e. The maximum atomic E-state index is 13.5. The minimum absolute atomic E-state index is 0.0266. The molecule has 132 valence electrons. The molecule has 5 nitrogen and oxygen atoms in total. The number of phenolic OH excluding ortho intramolecular Hbond substituents is 1. The summed E-state index contributed by atoms with van der Waals surface area (Å²) in [6.45, 7) is 2.15. The first-order valence-corrected chi connectivity index (χ1v) is 8.72. The van der Waals surface area contributed by atoms with Gasteiger partial charge in [0.2, 0.25) is 5.91 Å². The zero-order valence-corrected chi connectivity index (χ0v) is 14.9. The van der Waals surface area contributed by atoms with Crippen LogP contribution in [0.15, 0.2) is 46.4 Å². The second kappa shape index (κ2) is 9.29. The summed E-state index contributed by atoms with van der Waals surface area (Å²) in [5, 5.41) is 13.7. The molecule has 2 aromatic rings. The molecule has 2 aromatic carbocycles. The summed E-state index contributed by atoms with van der Waals surface area (Å²) in [6, 6.07) is 9.26. The maximum absolute atomic E-state index is 13.5. The number of aromatic hydroxyl groups is 1. The van der Waals surface area contributed by atoms with Crippen LogP contribution in [0.3, 0.4) is 0 Å². The third-order valence-electron chi connectivity index (χ3n) is 2.95. The van der Waals surface area contributed by atoms with E-state index in [2.05, 4.69) is 10.5 Å². The van der Waals surface area contributed by atoms with E-state index >= 15 is 0 Å². The lowest BCUT2D eigenvalue weighted by atomic mass is 10.2. The van der Waals surface area contributed by atoms with Gasteiger partial charge in [0.05, 0.1) is 23.6 Å². The molecule has 0 aliphatic carbocycles. The number of carbonyl (C=O) groups excluding carboxylic acids is 1. The van der Waals surface area contributed by atoms with Crippen LogP contribution in [-0.4, -0.2) is 29.6 Å². The Hall–Kier alpha value is -2.25. The molecule has 2 N–H and O–H groups in total. The molecule has 8 heteroatoms. The second-order valence-corrected chi connectivity index (χ2v) is 6.22. The summed E-state index contributed by atoms with van der Waals surface area (Å²) in [6.07, 6.45) is 1.37. The van der Waals surface area contributed by atoms with Crippen molar-refractivity contribution >= 4 is 35.5 Å². The highest BCUT2D eigenvalue weighted by Gasteiger charge is 2.09. The van der Waals surface area contributed by atoms with Crippen LogP contribution in [-0.2, 0) is 4.79 Å². The van der Waals surface area contributed by atoms with Crippen LogP contribution >= 0.6 is 23.4 Å². The van der Waals surface area contributed by atoms with Crippen molar-refractivity contribution in [1.29, 1.82) is 0 Å². The van der Waals surface area contributed by atoms with Gasteiger partial charge >= 0.3 is 0 Å². The van der Waals surface area contributed by atoms with Gasteiger partial charge in [-0.3, -0.25) is 4.79 Å². The Morgan fingerprint density at radius 1 is 1.44 bits per heavy atom. The Morgan fingerprint density at radius 3 is 2.92 bits per heavy atom. The van der Waals surface area contributed by atoms with Gasteiger partial charge in [-0.1, -0.05) is 23.7 Å². The number of nitrogens with zero attached hydrogens (tertiary/aromatic N) is 1. The number of ether oxygens (including phenoxy) is 1. The summed E-state index contributed by atoms with van der Waals surface area (Å²) >= 11 is 6.99. The predicted octanol–water partition coefficient (Wildman–Crippen LogP) is 3.83. The molecule has 0 aliphatic heterocycles. The van der Waals surface area contributed by atoms with E-state index in [9.17, 15) is 14.3 Å². The van der Waals surface area contributed by atoms with Crippen molar-refractivity contribution in [2.24, 2.45) is 5.10 Å². The Labute approximate surface area is 153 Å². The fraction of sp³-hybridized carbons (Fsp3) is 0.176. The average molecular weight is 383 g/mol. The summed E-state index contributed by atoms with van der Waals surface area (Å²) in [5.41, 5.74) is 2.90. The van der Waals surface area contributed by atoms with Gasteiger partial charge in [0.15, 0.2) is 11.5 Å². The number of hydrogen-bond donors (Lipinski definition) is 2. The minimum atomic E-state index is -0.376. The van der Waals surface area contributed by atoms with E-state index in [-0.39, 0.29) is 34.0 Å². The van der Waals surface area contributed by atoms with Gasteiger partial charge in [0.1, 0.15) is 5.82 Å². The van der Waals surface area contributed by atoms with Gasteiger partial charge in [0.25, 0.3) is 0 Å². The Kier molecular flexibility index (Phi) is 7.09. The Morgan fingerprint density at radius 2 is 2.20 bits per heavy atom. The van der Waals surface area contributed by atoms with E-state index in [1.165, 1.54) is 18.3 Å². The molecule has 0 saturated heterocycles. The number of phenols is 1. The number of carbonyl (C=O) groups is 1. The van der Waals surface area contributed by atoms with Crippen LogP contribution in [0, 0.1) is 5.82 Å². The Balaban J connectivity index is 1.92. The van der Waals surface area contributed by atoms with Crippen LogP contribution in [0.5, 0.6) is 11.5 Å². The molecule has 0 unspecified atom stereocenters. The topological polar surface area (TPSA) is 70.9 Å². The standard InChI is InChI=1S/C17H16ClFN2O3S/c1-2-24-14-8-11(7-12(18)17(14)23)9-20-21-16(22)10-25-15-6-4-3-5-13(15)19/h3-9,23H,2,10H2,1H3,(H,21,22)/b20-9+. The zero-order chi connectivity index (χ0) is 18.2. The smallest absolute Gasteiger partial charge is 0.250 e. The molecule has 0 heterocycles. The summed E-state index contributed by atoms with van der Waals surface area (Å²) in [4.78, 5) is 12.1. The third kappa shape index (κ3) is 5.65. The number of hydrogen-bond acceptors (Lipinski definition) is 5. The van der Waals surface area contributed by atoms with Gasteiger partial charge in [-0.05, 0) is 36.8 Å². The lowest BCUT2D eigenvalue weighted by Gasteiger charge is -2.08. The molecule has 0 fully saturated rings. The van der Waals surface area contributed by atoms with Crippen molar-refractivity contribution in [2.45, 2.75) is 11.8 Å². The van der Waals surface area contributed by atoms with Crippen molar-refractivity contribution < 1.29 is 19.0 Å². The van der Waals surface area contributed by atoms with E-state index in [1.54, 1.807) is 31.2 Å². The fourth-order valence-electron chi connectivity index (χ4n) is 1.85. The van der Waals surface area contributed by atoms with Crippen molar-refractivity contribution in [1.82, 2.24) is 5.43 Å². The van der Waals surface area contributed by atoms with Gasteiger partial charge < -0.3 is 9.84 Å². The second-order valence-electron chi connectivity index (χ2n) is 4.79. The molecular formula is C17H16ClFN2O3S. The average Bonchev–Trinajstić information content (AvgIpc) is 2.58. The van der Waals surface area contributed by atoms with Crippen molar-refractivity contribution in [3.63, 3.8) is 0 Å². The van der Waals surface area contributed by atoms with Gasteiger partial charge in [-0.15, -0.1) is 11.8 Å². The number of benzene rings is 2. The molecule has 2 rings (SSSR count). The van der Waals surface area contributed by atoms with Crippen LogP contribution in [0.4, 0.5) is 4.39 Å². The number of rotatable bonds is 7. The van der Waals surface area contributed by atoms with Gasteiger partial charge in [-0.2, -0.15) is 5.10 Å². The molecule has 0 radical (unpaired) electrons. The van der Waals surface area contributed by atoms with Crippen LogP contribution in [0.1, 0.15) is 12.5 Å². The largest absolute Gasteiger partial charge is 0.503 e. The SMILES string of the molecule is CCOc1cc(/C=N/NC(=O)CSc2ccccc2F)cc(Cl)c1O. The van der Waals surface area contributed by atoms with Crippen molar-refractivity contribution in [3.05, 3.63) is 52.8 Å². The number of nitrogens with one attached hydrogen (secondary N) is 1. The molecular weight excluding hydrogens is 367 g/mol. The monoisotopic (exact) mass is 382 g/mol. The normalized spacial score (nSPS) is 10.8. The van der Waals surface area contributed by atoms with E-state index in [0.29, 0.717) is 17.1 Å². The minimum Gasteiger partial charge on any atom is -0.503 e. The van der Waals surface area contributed by atoms with E-state index < -0.39 is 0 Å². The van der Waals surface area contributed by atoms with Gasteiger partial charge in [0, 0.05) is 4.90 Å². The van der Waals surface area contributed by atoms with Crippen LogP contribution < -0.4 is 10.2 Å². The molecule has 0 aromatic heterocycles. The summed E-state index contributed by atoms with van der Waals surface area (Å²) in [7, 11) is 0. The summed E-state index contributed by atoms with van der Waals surface area (Å²) in [5.74, 6) is -0.631. The molecule has 0 atom stereocenters. The highest BCUT2D eigenvalue weighted by Crippen LogP contribution is 2.34. The Bertz CT molecular complexity index is 786. The summed E-state index contributed by atoms with van der Waals surface area (Å²) < 4.78 is 18.7. The van der Waals surface area contributed by atoms with Crippen molar-refractivity contribution in [2.75, 3.05) is 12.4 Å². The van der Waals surface area contributed by atoms with Gasteiger partial charge in [-0.25, -0.2) is 9.82 Å². The molecule has 1 amide bonds. The number of thioether (sulfide) groups is 1. The van der Waals surface area contributed by atoms with E-state index in [1.807, 2.05) is 0 Å². The molecule has 0 bridgehead atoms. The lowest BCUT2D eigenvalue weighted by Crippen LogP contribution is -2.19. The molecule has 25 heavy (non-hydrogen) atoms. The van der Waals surface area contributed by atoms with Crippen molar-refractivity contribution in [3.8, 4) is 11.5 Å². The molecule has 0 aliphatic rings. The zero-order valence-electron chi connectivity index (χ0n) is 13.3. The highest BCUT2D eigenvalue weighted by atomic mass is 35.5. The first kappa shape index (κ1) is 19.1. The quantitative estimate of drug-likeness (QED) is 0.434. The molecule has 0 spiro atoms. The first-order chi connectivity index (χ1) is 12.0. The number of amides is 1. The third-order valence-corrected chi connectivity index (χ3v) is 4.29. The lowest BCUT2D eigenvalue weighted by molar-refractivity contribution is -0.118. The van der Waals surface area contributed by atoms with E-state index in [0.717, 1.165) is 11.8 Å². The highest BCUT2D eigenvalue weighted by molar-refractivity contribution is 8.00. The van der Waals surface area contributed by atoms with Crippen LogP contribution in [0.25, 0.3) is 0 Å². The fourth-order valence-corrected chi connectivity index (χ4v) is 2.80. The van der Waals surface area contributed by atoms with Crippen LogP contribution in [0.2, 0.25) is 5.02 Å². The molecule has 0 saturated carbocycles. The first-order valence-electron chi connectivity index (χ1n) is 7.35. The van der Waals surface area contributed by atoms with E-state index in [4.69, 9.17) is 16.3 Å². The predicted molar refractivity (Wildman–Crippen MR) is 97.1 cm³/mol. The number of hydrazone groups is 1. The number of halogens is 2.